The first-order chi connectivity index (χ1) is 11.5. The van der Waals surface area contributed by atoms with Crippen LogP contribution in [0.5, 0.6) is 0 Å². The maximum absolute atomic E-state index is 12.3. The van der Waals surface area contributed by atoms with E-state index < -0.39 is 0 Å². The van der Waals surface area contributed by atoms with Crippen LogP contribution in [0.3, 0.4) is 0 Å². The number of thiophene rings is 1. The summed E-state index contributed by atoms with van der Waals surface area (Å²) in [6, 6.07) is 12.6. The number of aryl methyl sites for hydroxylation is 2. The lowest BCUT2D eigenvalue weighted by atomic mass is 10.2. The first kappa shape index (κ1) is 15.9. The van der Waals surface area contributed by atoms with Crippen molar-refractivity contribution in [3.05, 3.63) is 64.0 Å². The highest BCUT2D eigenvalue weighted by atomic mass is 32.1. The molecule has 0 saturated heterocycles. The molecule has 0 unspecified atom stereocenters. The van der Waals surface area contributed by atoms with Crippen LogP contribution in [0.4, 0.5) is 11.5 Å². The zero-order valence-electron chi connectivity index (χ0n) is 13.2. The number of rotatable bonds is 4. The smallest absolute Gasteiger partial charge is 0.276 e. The molecule has 0 radical (unpaired) electrons. The Kier molecular flexibility index (Phi) is 4.43. The molecule has 0 saturated carbocycles. The normalized spacial score (nSPS) is 10.4. The zero-order chi connectivity index (χ0) is 17.1. The summed E-state index contributed by atoms with van der Waals surface area (Å²) >= 11 is 1.35. The molecule has 6 nitrogen and oxygen atoms in total. The predicted molar refractivity (Wildman–Crippen MR) is 94.6 cm³/mol. The van der Waals surface area contributed by atoms with E-state index in [1.54, 1.807) is 19.2 Å². The van der Waals surface area contributed by atoms with Crippen LogP contribution < -0.4 is 10.6 Å². The number of carbonyl (C=O) groups is 2. The van der Waals surface area contributed by atoms with Gasteiger partial charge < -0.3 is 10.6 Å². The van der Waals surface area contributed by atoms with Crippen LogP contribution in [0, 0.1) is 6.92 Å². The van der Waals surface area contributed by atoms with Crippen molar-refractivity contribution in [3.63, 3.8) is 0 Å². The molecule has 2 N–H and O–H groups in total. The van der Waals surface area contributed by atoms with Crippen molar-refractivity contribution in [2.24, 2.45) is 7.05 Å². The highest BCUT2D eigenvalue weighted by Gasteiger charge is 2.15. The van der Waals surface area contributed by atoms with Crippen molar-refractivity contribution in [2.75, 3.05) is 10.6 Å². The van der Waals surface area contributed by atoms with E-state index in [0.717, 1.165) is 5.56 Å². The molecule has 0 atom stereocenters. The number of benzene rings is 1. The highest BCUT2D eigenvalue weighted by molar-refractivity contribution is 7.12. The summed E-state index contributed by atoms with van der Waals surface area (Å²) in [6.45, 7) is 1.95. The van der Waals surface area contributed by atoms with E-state index in [2.05, 4.69) is 15.7 Å². The third kappa shape index (κ3) is 3.52. The quantitative estimate of drug-likeness (QED) is 0.765. The third-order valence-corrected chi connectivity index (χ3v) is 4.24. The van der Waals surface area contributed by atoms with E-state index in [4.69, 9.17) is 0 Å². The molecule has 2 aromatic heterocycles. The van der Waals surface area contributed by atoms with Crippen molar-refractivity contribution in [2.45, 2.75) is 6.92 Å². The molecule has 2 amide bonds. The minimum atomic E-state index is -0.326. The van der Waals surface area contributed by atoms with E-state index in [1.165, 1.54) is 16.0 Å². The van der Waals surface area contributed by atoms with E-state index in [1.807, 2.05) is 42.6 Å². The maximum Gasteiger partial charge on any atom is 0.276 e. The van der Waals surface area contributed by atoms with Gasteiger partial charge in [-0.05, 0) is 36.1 Å². The molecule has 0 aliphatic heterocycles. The first-order valence-corrected chi connectivity index (χ1v) is 8.18. The fourth-order valence-corrected chi connectivity index (χ4v) is 2.82. The van der Waals surface area contributed by atoms with Crippen LogP contribution in [0.25, 0.3) is 0 Å². The van der Waals surface area contributed by atoms with E-state index in [9.17, 15) is 9.59 Å². The number of nitrogens with zero attached hydrogens (tertiary/aromatic N) is 2. The van der Waals surface area contributed by atoms with Gasteiger partial charge in [0.2, 0.25) is 0 Å². The molecule has 0 bridgehead atoms. The van der Waals surface area contributed by atoms with Gasteiger partial charge in [0.15, 0.2) is 5.69 Å². The average Bonchev–Trinajstić information content (AvgIpc) is 3.18. The summed E-state index contributed by atoms with van der Waals surface area (Å²) in [5, 5.41) is 11.5. The number of hydrogen-bond acceptors (Lipinski definition) is 4. The molecule has 0 aliphatic rings. The number of carbonyl (C=O) groups excluding carboxylic acids is 2. The summed E-state index contributed by atoms with van der Waals surface area (Å²) in [4.78, 5) is 25.0. The lowest BCUT2D eigenvalue weighted by molar-refractivity contribution is 0.101. The van der Waals surface area contributed by atoms with Crippen molar-refractivity contribution in [1.82, 2.24) is 9.78 Å². The van der Waals surface area contributed by atoms with Crippen LogP contribution in [0.1, 0.15) is 25.7 Å². The van der Waals surface area contributed by atoms with Gasteiger partial charge in [0, 0.05) is 18.8 Å². The van der Waals surface area contributed by atoms with E-state index >= 15 is 0 Å². The largest absolute Gasteiger partial charge is 0.321 e. The van der Waals surface area contributed by atoms with Gasteiger partial charge in [0.25, 0.3) is 11.8 Å². The maximum atomic E-state index is 12.3. The molecular weight excluding hydrogens is 324 g/mol. The Bertz CT molecular complexity index is 884. The molecule has 2 heterocycles. The minimum Gasteiger partial charge on any atom is -0.321 e. The minimum absolute atomic E-state index is 0.223. The summed E-state index contributed by atoms with van der Waals surface area (Å²) in [7, 11) is 1.67. The third-order valence-electron chi connectivity index (χ3n) is 3.37. The fourth-order valence-electron chi connectivity index (χ4n) is 2.20. The number of hydrogen-bond donors (Lipinski definition) is 2. The number of amides is 2. The topological polar surface area (TPSA) is 76.0 Å². The Morgan fingerprint density at radius 3 is 2.62 bits per heavy atom. The molecular formula is C17H16N4O2S. The molecule has 0 fully saturated rings. The molecule has 24 heavy (non-hydrogen) atoms. The Labute approximate surface area is 143 Å². The van der Waals surface area contributed by atoms with Gasteiger partial charge in [0.05, 0.1) is 4.88 Å². The van der Waals surface area contributed by atoms with Crippen molar-refractivity contribution < 1.29 is 9.59 Å². The zero-order valence-corrected chi connectivity index (χ0v) is 14.1. The van der Waals surface area contributed by atoms with Crippen LogP contribution >= 0.6 is 11.3 Å². The van der Waals surface area contributed by atoms with E-state index in [0.29, 0.717) is 16.4 Å². The van der Waals surface area contributed by atoms with Gasteiger partial charge in [-0.25, -0.2) is 0 Å². The molecule has 122 valence electrons. The van der Waals surface area contributed by atoms with Gasteiger partial charge in [-0.1, -0.05) is 18.2 Å². The highest BCUT2D eigenvalue weighted by Crippen LogP contribution is 2.16. The van der Waals surface area contributed by atoms with Crippen LogP contribution in [-0.4, -0.2) is 21.6 Å². The Hall–Kier alpha value is -2.93. The molecule has 3 rings (SSSR count). The van der Waals surface area contributed by atoms with Crippen molar-refractivity contribution in [3.8, 4) is 0 Å². The van der Waals surface area contributed by atoms with Crippen LogP contribution in [-0.2, 0) is 7.05 Å². The Balaban J connectivity index is 1.73. The molecule has 3 aromatic rings. The lowest BCUT2D eigenvalue weighted by Gasteiger charge is -2.03. The van der Waals surface area contributed by atoms with Crippen molar-refractivity contribution in [1.29, 1.82) is 0 Å². The van der Waals surface area contributed by atoms with Gasteiger partial charge in [0.1, 0.15) is 5.82 Å². The molecule has 0 spiro atoms. The van der Waals surface area contributed by atoms with Crippen LogP contribution in [0.15, 0.2) is 47.8 Å². The van der Waals surface area contributed by atoms with Gasteiger partial charge in [-0.3, -0.25) is 14.3 Å². The summed E-state index contributed by atoms with van der Waals surface area (Å²) < 4.78 is 1.47. The average molecular weight is 340 g/mol. The monoisotopic (exact) mass is 340 g/mol. The summed E-state index contributed by atoms with van der Waals surface area (Å²) in [5.74, 6) is -0.0887. The predicted octanol–water partition coefficient (Wildman–Crippen LogP) is 3.29. The van der Waals surface area contributed by atoms with Gasteiger partial charge >= 0.3 is 0 Å². The van der Waals surface area contributed by atoms with Crippen molar-refractivity contribution >= 4 is 34.7 Å². The van der Waals surface area contributed by atoms with Gasteiger partial charge in [-0.15, -0.1) is 11.3 Å². The molecule has 7 heteroatoms. The van der Waals surface area contributed by atoms with Crippen LogP contribution in [0.2, 0.25) is 0 Å². The Morgan fingerprint density at radius 2 is 1.92 bits per heavy atom. The second kappa shape index (κ2) is 6.67. The summed E-state index contributed by atoms with van der Waals surface area (Å²) in [6.07, 6.45) is 0. The van der Waals surface area contributed by atoms with Gasteiger partial charge in [-0.2, -0.15) is 5.10 Å². The molecule has 0 aliphatic carbocycles. The molecule has 1 aromatic carbocycles. The summed E-state index contributed by atoms with van der Waals surface area (Å²) in [5.41, 5.74) is 1.99. The number of anilines is 2. The first-order valence-electron chi connectivity index (χ1n) is 7.30. The fraction of sp³-hybridized carbons (Fsp3) is 0.118. The standard InChI is InChI=1S/C17H16N4O2S/c1-11-5-3-6-12(9-11)18-16(22)13-10-15(21(2)20-13)19-17(23)14-7-4-8-24-14/h3-10H,1-2H3,(H,18,22)(H,19,23). The van der Waals surface area contributed by atoms with E-state index in [-0.39, 0.29) is 17.5 Å². The second-order valence-electron chi connectivity index (χ2n) is 5.29. The Morgan fingerprint density at radius 1 is 1.08 bits per heavy atom. The number of aromatic nitrogens is 2. The lowest BCUT2D eigenvalue weighted by Crippen LogP contribution is -2.13. The SMILES string of the molecule is Cc1cccc(NC(=O)c2cc(NC(=O)c3cccs3)n(C)n2)c1. The second-order valence-corrected chi connectivity index (χ2v) is 6.24. The number of nitrogens with one attached hydrogen (secondary N) is 2.